The maximum Gasteiger partial charge on any atom is 0.341 e. The second-order valence-electron chi connectivity index (χ2n) is 6.38. The number of carbonyl (C=O) groups excluding carboxylic acids is 1. The van der Waals surface area contributed by atoms with Crippen LogP contribution in [0.3, 0.4) is 0 Å². The third kappa shape index (κ3) is 4.47. The summed E-state index contributed by atoms with van der Waals surface area (Å²) in [6.45, 7) is 8.48. The molecule has 0 radical (unpaired) electrons. The molecule has 0 aromatic carbocycles. The summed E-state index contributed by atoms with van der Waals surface area (Å²) in [7, 11) is 0. The summed E-state index contributed by atoms with van der Waals surface area (Å²) in [5, 5.41) is 0. The SMILES string of the molecule is CCCCCCCCCC[C@@]1(C(=O)OCC)OC1(C)C. The van der Waals surface area contributed by atoms with Crippen LogP contribution in [0.25, 0.3) is 0 Å². The van der Waals surface area contributed by atoms with E-state index in [-0.39, 0.29) is 11.6 Å². The molecule has 1 aliphatic heterocycles. The molecule has 1 saturated heterocycles. The van der Waals surface area contributed by atoms with E-state index in [4.69, 9.17) is 9.47 Å². The maximum atomic E-state index is 12.0. The Morgan fingerprint density at radius 3 is 1.90 bits per heavy atom. The molecule has 0 amide bonds. The molecule has 20 heavy (non-hydrogen) atoms. The fourth-order valence-corrected chi connectivity index (χ4v) is 2.91. The minimum absolute atomic E-state index is 0.173. The maximum absolute atomic E-state index is 12.0. The lowest BCUT2D eigenvalue weighted by atomic mass is 9.90. The van der Waals surface area contributed by atoms with Crippen LogP contribution in [-0.2, 0) is 14.3 Å². The third-order valence-electron chi connectivity index (χ3n) is 4.35. The first-order chi connectivity index (χ1) is 9.50. The molecule has 3 heteroatoms. The van der Waals surface area contributed by atoms with Gasteiger partial charge in [0, 0.05) is 0 Å². The topological polar surface area (TPSA) is 38.8 Å². The number of epoxide rings is 1. The van der Waals surface area contributed by atoms with E-state index < -0.39 is 5.60 Å². The zero-order valence-corrected chi connectivity index (χ0v) is 13.8. The average molecular weight is 284 g/mol. The van der Waals surface area contributed by atoms with Gasteiger partial charge < -0.3 is 9.47 Å². The van der Waals surface area contributed by atoms with E-state index in [0.29, 0.717) is 6.61 Å². The summed E-state index contributed by atoms with van der Waals surface area (Å²) in [5.74, 6) is -0.173. The van der Waals surface area contributed by atoms with E-state index in [2.05, 4.69) is 6.92 Å². The molecule has 0 aliphatic carbocycles. The van der Waals surface area contributed by atoms with Crippen LogP contribution < -0.4 is 0 Å². The highest BCUT2D eigenvalue weighted by Gasteiger charge is 2.69. The molecule has 1 aliphatic rings. The van der Waals surface area contributed by atoms with Crippen molar-refractivity contribution < 1.29 is 14.3 Å². The molecule has 0 saturated carbocycles. The van der Waals surface area contributed by atoms with E-state index in [0.717, 1.165) is 12.8 Å². The molecule has 1 fully saturated rings. The quantitative estimate of drug-likeness (QED) is 0.315. The largest absolute Gasteiger partial charge is 0.464 e. The summed E-state index contributed by atoms with van der Waals surface area (Å²) in [6.07, 6.45) is 11.0. The highest BCUT2D eigenvalue weighted by Crippen LogP contribution is 2.51. The lowest BCUT2D eigenvalue weighted by molar-refractivity contribution is -0.149. The van der Waals surface area contributed by atoms with Gasteiger partial charge in [-0.1, -0.05) is 51.9 Å². The van der Waals surface area contributed by atoms with Gasteiger partial charge in [0.2, 0.25) is 0 Å². The Morgan fingerprint density at radius 2 is 1.45 bits per heavy atom. The Labute approximate surface area is 124 Å². The van der Waals surface area contributed by atoms with Crippen molar-refractivity contribution in [1.29, 1.82) is 0 Å². The molecule has 0 bridgehead atoms. The van der Waals surface area contributed by atoms with Gasteiger partial charge in [-0.05, 0) is 33.6 Å². The average Bonchev–Trinajstić information content (AvgIpc) is 2.96. The number of esters is 1. The summed E-state index contributed by atoms with van der Waals surface area (Å²) in [6, 6.07) is 0. The van der Waals surface area contributed by atoms with Crippen LogP contribution in [0.1, 0.15) is 85.5 Å². The molecule has 1 heterocycles. The third-order valence-corrected chi connectivity index (χ3v) is 4.35. The minimum atomic E-state index is -0.661. The highest BCUT2D eigenvalue weighted by atomic mass is 16.7. The van der Waals surface area contributed by atoms with Crippen molar-refractivity contribution in [2.24, 2.45) is 0 Å². The van der Waals surface area contributed by atoms with Crippen LogP contribution in [0.2, 0.25) is 0 Å². The van der Waals surface area contributed by atoms with E-state index in [1.54, 1.807) is 0 Å². The zero-order valence-electron chi connectivity index (χ0n) is 13.8. The standard InChI is InChI=1S/C17H32O3/c1-5-7-8-9-10-11-12-13-14-17(15(18)19-6-2)16(3,4)20-17/h5-14H2,1-4H3/t17-/m0/s1. The molecule has 3 nitrogen and oxygen atoms in total. The lowest BCUT2D eigenvalue weighted by Crippen LogP contribution is -2.33. The number of hydrogen-bond acceptors (Lipinski definition) is 3. The van der Waals surface area contributed by atoms with E-state index in [1.807, 2.05) is 20.8 Å². The van der Waals surface area contributed by atoms with Crippen molar-refractivity contribution in [3.05, 3.63) is 0 Å². The number of unbranched alkanes of at least 4 members (excludes halogenated alkanes) is 7. The van der Waals surface area contributed by atoms with Gasteiger partial charge in [-0.15, -0.1) is 0 Å². The predicted molar refractivity (Wildman–Crippen MR) is 81.8 cm³/mol. The van der Waals surface area contributed by atoms with Crippen LogP contribution in [0.5, 0.6) is 0 Å². The van der Waals surface area contributed by atoms with Gasteiger partial charge in [0.15, 0.2) is 5.60 Å². The Balaban J connectivity index is 2.17. The van der Waals surface area contributed by atoms with Gasteiger partial charge in [0.05, 0.1) is 6.61 Å². The second-order valence-corrected chi connectivity index (χ2v) is 6.38. The molecule has 1 rings (SSSR count). The number of hydrogen-bond donors (Lipinski definition) is 0. The summed E-state index contributed by atoms with van der Waals surface area (Å²) in [4.78, 5) is 12.0. The van der Waals surface area contributed by atoms with E-state index >= 15 is 0 Å². The van der Waals surface area contributed by atoms with Crippen molar-refractivity contribution in [3.63, 3.8) is 0 Å². The second kappa shape index (κ2) is 8.02. The van der Waals surface area contributed by atoms with Crippen LogP contribution in [0.4, 0.5) is 0 Å². The summed E-state index contributed by atoms with van der Waals surface area (Å²) >= 11 is 0. The molecule has 0 aromatic rings. The molecular weight excluding hydrogens is 252 g/mol. The van der Waals surface area contributed by atoms with Crippen molar-refractivity contribution in [3.8, 4) is 0 Å². The summed E-state index contributed by atoms with van der Waals surface area (Å²) < 4.78 is 10.9. The molecule has 118 valence electrons. The van der Waals surface area contributed by atoms with Gasteiger partial charge in [0.1, 0.15) is 5.60 Å². The van der Waals surface area contributed by atoms with E-state index in [9.17, 15) is 4.79 Å². The first-order valence-electron chi connectivity index (χ1n) is 8.37. The Morgan fingerprint density at radius 1 is 0.950 bits per heavy atom. The number of rotatable bonds is 11. The zero-order chi connectivity index (χ0) is 15.1. The number of ether oxygens (including phenoxy) is 2. The van der Waals surface area contributed by atoms with Crippen molar-refractivity contribution in [2.75, 3.05) is 6.61 Å². The van der Waals surface area contributed by atoms with E-state index in [1.165, 1.54) is 44.9 Å². The molecule has 0 spiro atoms. The Bertz CT molecular complexity index is 299. The summed E-state index contributed by atoms with van der Waals surface area (Å²) in [5.41, 5.74) is -1.01. The molecule has 0 N–H and O–H groups in total. The van der Waals surface area contributed by atoms with Gasteiger partial charge >= 0.3 is 5.97 Å². The minimum Gasteiger partial charge on any atom is -0.464 e. The Kier molecular flexibility index (Phi) is 7.01. The first-order valence-corrected chi connectivity index (χ1v) is 8.37. The highest BCUT2D eigenvalue weighted by molar-refractivity contribution is 5.84. The normalized spacial score (nSPS) is 23.6. The molecule has 1 atom stereocenters. The lowest BCUT2D eigenvalue weighted by Gasteiger charge is -2.13. The Hall–Kier alpha value is -0.570. The van der Waals surface area contributed by atoms with Gasteiger partial charge in [-0.2, -0.15) is 0 Å². The number of carbonyl (C=O) groups is 1. The van der Waals surface area contributed by atoms with Crippen molar-refractivity contribution in [2.45, 2.75) is 96.7 Å². The predicted octanol–water partition coefficient (Wildman–Crippen LogP) is 4.63. The van der Waals surface area contributed by atoms with Gasteiger partial charge in [-0.3, -0.25) is 0 Å². The van der Waals surface area contributed by atoms with Gasteiger partial charge in [-0.25, -0.2) is 4.79 Å². The fraction of sp³-hybridized carbons (Fsp3) is 0.941. The fourth-order valence-electron chi connectivity index (χ4n) is 2.91. The smallest absolute Gasteiger partial charge is 0.341 e. The first kappa shape index (κ1) is 17.5. The molecular formula is C17H32O3. The van der Waals surface area contributed by atoms with Crippen LogP contribution in [-0.4, -0.2) is 23.8 Å². The van der Waals surface area contributed by atoms with Crippen LogP contribution in [0, 0.1) is 0 Å². The van der Waals surface area contributed by atoms with Crippen LogP contribution >= 0.6 is 0 Å². The van der Waals surface area contributed by atoms with Gasteiger partial charge in [0.25, 0.3) is 0 Å². The van der Waals surface area contributed by atoms with Crippen molar-refractivity contribution >= 4 is 5.97 Å². The monoisotopic (exact) mass is 284 g/mol. The van der Waals surface area contributed by atoms with Crippen molar-refractivity contribution in [1.82, 2.24) is 0 Å². The molecule has 0 unspecified atom stereocenters. The van der Waals surface area contributed by atoms with Crippen LogP contribution in [0.15, 0.2) is 0 Å². The molecule has 0 aromatic heterocycles.